The maximum absolute atomic E-state index is 5.98. The van der Waals surface area contributed by atoms with Crippen molar-refractivity contribution in [2.24, 2.45) is 5.73 Å². The summed E-state index contributed by atoms with van der Waals surface area (Å²) < 4.78 is 0.921. The first-order valence-corrected chi connectivity index (χ1v) is 5.03. The molecular weight excluding hydrogens is 178 g/mol. The summed E-state index contributed by atoms with van der Waals surface area (Å²) in [6.07, 6.45) is 2.36. The predicted molar refractivity (Wildman–Crippen MR) is 49.3 cm³/mol. The Kier molecular flexibility index (Phi) is 1.91. The fourth-order valence-corrected chi connectivity index (χ4v) is 2.53. The van der Waals surface area contributed by atoms with Crippen molar-refractivity contribution in [2.75, 3.05) is 0 Å². The van der Waals surface area contributed by atoms with Gasteiger partial charge in [0.1, 0.15) is 0 Å². The molecule has 1 aromatic rings. The highest BCUT2D eigenvalue weighted by molar-refractivity contribution is 7.14. The molecule has 0 bridgehead atoms. The van der Waals surface area contributed by atoms with Crippen LogP contribution in [0.1, 0.15) is 24.3 Å². The molecule has 0 aliphatic heterocycles. The summed E-state index contributed by atoms with van der Waals surface area (Å²) in [5, 5.41) is 2.03. The number of rotatable bonds is 1. The Morgan fingerprint density at radius 1 is 1.55 bits per heavy atom. The van der Waals surface area contributed by atoms with E-state index in [2.05, 4.69) is 6.07 Å². The quantitative estimate of drug-likeness (QED) is 0.719. The molecule has 1 heterocycles. The normalized spacial score (nSPS) is 30.0. The Bertz CT molecular complexity index is 258. The van der Waals surface area contributed by atoms with Crippen molar-refractivity contribution >= 4 is 22.9 Å². The molecule has 1 saturated carbocycles. The lowest BCUT2D eigenvalue weighted by Crippen LogP contribution is -2.37. The van der Waals surface area contributed by atoms with Crippen LogP contribution in [-0.2, 0) is 0 Å². The predicted octanol–water partition coefficient (Wildman–Crippen LogP) is 2.61. The highest BCUT2D eigenvalue weighted by atomic mass is 35.5. The van der Waals surface area contributed by atoms with Crippen molar-refractivity contribution in [3.05, 3.63) is 21.3 Å². The lowest BCUT2D eigenvalue weighted by molar-refractivity contribution is 0.347. The van der Waals surface area contributed by atoms with Gasteiger partial charge in [0.15, 0.2) is 0 Å². The zero-order chi connectivity index (χ0) is 7.84. The van der Waals surface area contributed by atoms with E-state index in [4.69, 9.17) is 17.3 Å². The summed E-state index contributed by atoms with van der Waals surface area (Å²) in [4.78, 5) is 0. The second-order valence-corrected chi connectivity index (χ2v) is 4.52. The molecule has 1 aliphatic rings. The van der Waals surface area contributed by atoms with Gasteiger partial charge in [0, 0.05) is 12.0 Å². The van der Waals surface area contributed by atoms with Gasteiger partial charge in [-0.15, -0.1) is 11.3 Å². The van der Waals surface area contributed by atoms with E-state index in [0.29, 0.717) is 12.0 Å². The molecule has 2 unspecified atom stereocenters. The van der Waals surface area contributed by atoms with Gasteiger partial charge in [0.2, 0.25) is 0 Å². The Morgan fingerprint density at radius 3 is 2.73 bits per heavy atom. The van der Waals surface area contributed by atoms with Gasteiger partial charge in [-0.25, -0.2) is 0 Å². The average Bonchev–Trinajstić information content (AvgIpc) is 2.34. The molecular formula is C8H10ClNS. The fraction of sp³-hybridized carbons (Fsp3) is 0.500. The third-order valence-corrected chi connectivity index (χ3v) is 3.57. The van der Waals surface area contributed by atoms with E-state index < -0.39 is 0 Å². The van der Waals surface area contributed by atoms with Crippen LogP contribution in [0.15, 0.2) is 11.4 Å². The molecule has 2 N–H and O–H groups in total. The van der Waals surface area contributed by atoms with Gasteiger partial charge in [-0.05, 0) is 29.9 Å². The van der Waals surface area contributed by atoms with Gasteiger partial charge in [-0.1, -0.05) is 11.6 Å². The molecule has 2 atom stereocenters. The summed E-state index contributed by atoms with van der Waals surface area (Å²) in [6, 6.07) is 2.44. The molecule has 60 valence electrons. The SMILES string of the molecule is NC1CCC1c1ccsc1Cl. The number of halogens is 1. The third-order valence-electron chi connectivity index (χ3n) is 2.37. The lowest BCUT2D eigenvalue weighted by atomic mass is 9.77. The second kappa shape index (κ2) is 2.77. The van der Waals surface area contributed by atoms with Crippen molar-refractivity contribution < 1.29 is 0 Å². The van der Waals surface area contributed by atoms with Crippen LogP contribution in [0.2, 0.25) is 4.34 Å². The van der Waals surface area contributed by atoms with E-state index in [1.165, 1.54) is 12.0 Å². The zero-order valence-corrected chi connectivity index (χ0v) is 7.66. The van der Waals surface area contributed by atoms with E-state index in [-0.39, 0.29) is 0 Å². The highest BCUT2D eigenvalue weighted by Crippen LogP contribution is 2.40. The van der Waals surface area contributed by atoms with Crippen molar-refractivity contribution in [1.82, 2.24) is 0 Å². The second-order valence-electron chi connectivity index (χ2n) is 3.00. The zero-order valence-electron chi connectivity index (χ0n) is 6.09. The van der Waals surface area contributed by atoms with E-state index in [1.54, 1.807) is 11.3 Å². The summed E-state index contributed by atoms with van der Waals surface area (Å²) in [7, 11) is 0. The minimum Gasteiger partial charge on any atom is -0.327 e. The Morgan fingerprint density at radius 2 is 2.36 bits per heavy atom. The smallest absolute Gasteiger partial charge is 0.0963 e. The Balaban J connectivity index is 2.22. The molecule has 0 amide bonds. The van der Waals surface area contributed by atoms with Crippen LogP contribution in [0.3, 0.4) is 0 Å². The van der Waals surface area contributed by atoms with Crippen LogP contribution >= 0.6 is 22.9 Å². The minimum atomic E-state index is 0.349. The molecule has 0 radical (unpaired) electrons. The molecule has 0 spiro atoms. The maximum atomic E-state index is 5.98. The van der Waals surface area contributed by atoms with Gasteiger partial charge < -0.3 is 5.73 Å². The summed E-state index contributed by atoms with van der Waals surface area (Å²) >= 11 is 7.57. The summed E-state index contributed by atoms with van der Waals surface area (Å²) in [5.41, 5.74) is 7.09. The standard InChI is InChI=1S/C8H10ClNS/c9-8-6(3-4-11-8)5-1-2-7(5)10/h3-5,7H,1-2,10H2. The first-order chi connectivity index (χ1) is 5.29. The molecule has 1 nitrogen and oxygen atoms in total. The molecule has 1 fully saturated rings. The Hall–Kier alpha value is -0.0500. The van der Waals surface area contributed by atoms with Gasteiger partial charge in [-0.2, -0.15) is 0 Å². The molecule has 0 aromatic carbocycles. The van der Waals surface area contributed by atoms with Crippen LogP contribution in [0, 0.1) is 0 Å². The van der Waals surface area contributed by atoms with Crippen molar-refractivity contribution in [1.29, 1.82) is 0 Å². The van der Waals surface area contributed by atoms with Crippen molar-refractivity contribution in [3.63, 3.8) is 0 Å². The molecule has 3 heteroatoms. The monoisotopic (exact) mass is 187 g/mol. The highest BCUT2D eigenvalue weighted by Gasteiger charge is 2.30. The maximum Gasteiger partial charge on any atom is 0.0963 e. The van der Waals surface area contributed by atoms with Gasteiger partial charge in [0.05, 0.1) is 4.34 Å². The number of nitrogens with two attached hydrogens (primary N) is 1. The van der Waals surface area contributed by atoms with Crippen LogP contribution in [0.5, 0.6) is 0 Å². The van der Waals surface area contributed by atoms with Crippen LogP contribution in [-0.4, -0.2) is 6.04 Å². The topological polar surface area (TPSA) is 26.0 Å². The van der Waals surface area contributed by atoms with E-state index in [0.717, 1.165) is 10.8 Å². The van der Waals surface area contributed by atoms with Crippen molar-refractivity contribution in [3.8, 4) is 0 Å². The van der Waals surface area contributed by atoms with Crippen molar-refractivity contribution in [2.45, 2.75) is 24.8 Å². The molecule has 1 aliphatic carbocycles. The summed E-state index contributed by atoms with van der Waals surface area (Å²) in [6.45, 7) is 0. The van der Waals surface area contributed by atoms with Gasteiger partial charge in [0.25, 0.3) is 0 Å². The number of thiophene rings is 1. The van der Waals surface area contributed by atoms with Gasteiger partial charge >= 0.3 is 0 Å². The number of hydrogen-bond donors (Lipinski definition) is 1. The van der Waals surface area contributed by atoms with E-state index in [1.807, 2.05) is 5.38 Å². The summed E-state index contributed by atoms with van der Waals surface area (Å²) in [5.74, 6) is 0.536. The Labute approximate surface area is 75.2 Å². The molecule has 11 heavy (non-hydrogen) atoms. The van der Waals surface area contributed by atoms with Crippen LogP contribution < -0.4 is 5.73 Å². The largest absolute Gasteiger partial charge is 0.327 e. The first-order valence-electron chi connectivity index (χ1n) is 3.77. The molecule has 1 aromatic heterocycles. The average molecular weight is 188 g/mol. The molecule has 2 rings (SSSR count). The van der Waals surface area contributed by atoms with E-state index >= 15 is 0 Å². The van der Waals surface area contributed by atoms with Crippen LogP contribution in [0.4, 0.5) is 0 Å². The van der Waals surface area contributed by atoms with E-state index in [9.17, 15) is 0 Å². The number of hydrogen-bond acceptors (Lipinski definition) is 2. The minimum absolute atomic E-state index is 0.349. The molecule has 0 saturated heterocycles. The lowest BCUT2D eigenvalue weighted by Gasteiger charge is -2.33. The van der Waals surface area contributed by atoms with Gasteiger partial charge in [-0.3, -0.25) is 0 Å². The van der Waals surface area contributed by atoms with Crippen LogP contribution in [0.25, 0.3) is 0 Å². The first kappa shape index (κ1) is 7.59. The third kappa shape index (κ3) is 1.19. The fourth-order valence-electron chi connectivity index (χ4n) is 1.48.